The Morgan fingerprint density at radius 1 is 1.50 bits per heavy atom. The summed E-state index contributed by atoms with van der Waals surface area (Å²) in [6, 6.07) is 0. The van der Waals surface area contributed by atoms with Crippen LogP contribution in [0.3, 0.4) is 0 Å². The predicted molar refractivity (Wildman–Crippen MR) is 61.1 cm³/mol. The maximum absolute atomic E-state index is 6.12. The van der Waals surface area contributed by atoms with Crippen molar-refractivity contribution in [3.05, 3.63) is 15.0 Å². The van der Waals surface area contributed by atoms with Crippen molar-refractivity contribution in [2.45, 2.75) is 38.1 Å². The summed E-state index contributed by atoms with van der Waals surface area (Å²) in [4.78, 5) is 4.61. The van der Waals surface area contributed by atoms with E-state index in [-0.39, 0.29) is 0 Å². The molecule has 4 heteroatoms. The fraction of sp³-hybridized carbons (Fsp3) is 0.700. The van der Waals surface area contributed by atoms with E-state index in [1.54, 1.807) is 11.3 Å². The van der Waals surface area contributed by atoms with E-state index in [1.165, 1.54) is 30.7 Å². The number of hydrogen-bond donors (Lipinski definition) is 1. The summed E-state index contributed by atoms with van der Waals surface area (Å²) in [5, 5.41) is 4.34. The number of hydrogen-bond acceptors (Lipinski definition) is 3. The van der Waals surface area contributed by atoms with Gasteiger partial charge >= 0.3 is 0 Å². The Morgan fingerprint density at radius 3 is 2.86 bits per heavy atom. The maximum atomic E-state index is 6.12. The second-order valence-electron chi connectivity index (χ2n) is 3.78. The molecular weight excluding hydrogens is 216 g/mol. The van der Waals surface area contributed by atoms with Gasteiger partial charge < -0.3 is 5.32 Å². The lowest BCUT2D eigenvalue weighted by Crippen LogP contribution is -2.06. The molecule has 78 valence electrons. The van der Waals surface area contributed by atoms with Crippen molar-refractivity contribution in [3.63, 3.8) is 0 Å². The zero-order valence-corrected chi connectivity index (χ0v) is 9.92. The molecular formula is C10H15ClN2S. The minimum absolute atomic E-state index is 0.683. The van der Waals surface area contributed by atoms with Gasteiger partial charge in [-0.3, -0.25) is 0 Å². The third-order valence-corrected chi connectivity index (χ3v) is 4.21. The molecule has 0 atom stereocenters. The summed E-state index contributed by atoms with van der Waals surface area (Å²) in [5.74, 6) is 0.683. The average molecular weight is 231 g/mol. The maximum Gasteiger partial charge on any atom is 0.117 e. The van der Waals surface area contributed by atoms with Crippen LogP contribution in [-0.2, 0) is 6.54 Å². The van der Waals surface area contributed by atoms with Crippen LogP contribution < -0.4 is 5.32 Å². The monoisotopic (exact) mass is 230 g/mol. The molecule has 1 aromatic rings. The second-order valence-corrected chi connectivity index (χ2v) is 5.42. The van der Waals surface area contributed by atoms with Crippen LogP contribution in [0.1, 0.15) is 42.3 Å². The molecule has 0 amide bonds. The number of rotatable bonds is 3. The van der Waals surface area contributed by atoms with Gasteiger partial charge in [0.2, 0.25) is 0 Å². The molecule has 0 aliphatic heterocycles. The first-order chi connectivity index (χ1) is 6.81. The standard InChI is InChI=1S/C10H15ClN2S/c1-12-6-8-9(11)14-10(13-8)7-4-2-3-5-7/h7,12H,2-6H2,1H3. The van der Waals surface area contributed by atoms with Crippen LogP contribution in [0.15, 0.2) is 0 Å². The lowest BCUT2D eigenvalue weighted by molar-refractivity contribution is 0.704. The van der Waals surface area contributed by atoms with E-state index < -0.39 is 0 Å². The van der Waals surface area contributed by atoms with Gasteiger partial charge in [0.1, 0.15) is 4.34 Å². The Hall–Kier alpha value is -0.120. The summed E-state index contributed by atoms with van der Waals surface area (Å²) in [6.45, 7) is 0.780. The second kappa shape index (κ2) is 4.60. The normalized spacial score (nSPS) is 17.9. The SMILES string of the molecule is CNCc1nc(C2CCCC2)sc1Cl. The molecule has 1 saturated carbocycles. The molecule has 0 aromatic carbocycles. The molecule has 1 heterocycles. The Labute approximate surface area is 93.7 Å². The molecule has 1 aliphatic rings. The van der Waals surface area contributed by atoms with Crippen LogP contribution in [0.5, 0.6) is 0 Å². The summed E-state index contributed by atoms with van der Waals surface area (Å²) in [7, 11) is 1.92. The van der Waals surface area contributed by atoms with Crippen molar-refractivity contribution in [2.24, 2.45) is 0 Å². The van der Waals surface area contributed by atoms with Crippen molar-refractivity contribution in [1.82, 2.24) is 10.3 Å². The van der Waals surface area contributed by atoms with Gasteiger partial charge in [0.05, 0.1) is 10.7 Å². The molecule has 0 unspecified atom stereocenters. The van der Waals surface area contributed by atoms with Gasteiger partial charge in [0.15, 0.2) is 0 Å². The molecule has 1 N–H and O–H groups in total. The number of halogens is 1. The Morgan fingerprint density at radius 2 is 2.21 bits per heavy atom. The lowest BCUT2D eigenvalue weighted by atomic mass is 10.1. The quantitative estimate of drug-likeness (QED) is 0.863. The highest BCUT2D eigenvalue weighted by molar-refractivity contribution is 7.16. The van der Waals surface area contributed by atoms with Gasteiger partial charge in [-0.1, -0.05) is 24.4 Å². The zero-order valence-electron chi connectivity index (χ0n) is 8.35. The number of thiazole rings is 1. The smallest absolute Gasteiger partial charge is 0.117 e. The van der Waals surface area contributed by atoms with Crippen LogP contribution in [0.4, 0.5) is 0 Å². The Bertz CT molecular complexity index is 305. The molecule has 0 radical (unpaired) electrons. The van der Waals surface area contributed by atoms with Gasteiger partial charge in [0, 0.05) is 12.5 Å². The summed E-state index contributed by atoms with van der Waals surface area (Å²) in [5.41, 5.74) is 1.01. The van der Waals surface area contributed by atoms with Crippen molar-refractivity contribution in [3.8, 4) is 0 Å². The largest absolute Gasteiger partial charge is 0.314 e. The van der Waals surface area contributed by atoms with Crippen molar-refractivity contribution < 1.29 is 0 Å². The molecule has 14 heavy (non-hydrogen) atoms. The Balaban J connectivity index is 2.14. The van der Waals surface area contributed by atoms with Gasteiger partial charge in [0.25, 0.3) is 0 Å². The molecule has 0 spiro atoms. The minimum Gasteiger partial charge on any atom is -0.314 e. The first kappa shape index (κ1) is 10.4. The first-order valence-electron chi connectivity index (χ1n) is 5.11. The van der Waals surface area contributed by atoms with Crippen molar-refractivity contribution >= 4 is 22.9 Å². The van der Waals surface area contributed by atoms with Crippen molar-refractivity contribution in [2.75, 3.05) is 7.05 Å². The zero-order chi connectivity index (χ0) is 9.97. The summed E-state index contributed by atoms with van der Waals surface area (Å²) in [6.07, 6.45) is 5.29. The average Bonchev–Trinajstić information content (AvgIpc) is 2.76. The van der Waals surface area contributed by atoms with Crippen LogP contribution >= 0.6 is 22.9 Å². The predicted octanol–water partition coefficient (Wildman–Crippen LogP) is 3.17. The summed E-state index contributed by atoms with van der Waals surface area (Å²) >= 11 is 7.78. The molecule has 1 aliphatic carbocycles. The van der Waals surface area contributed by atoms with E-state index in [4.69, 9.17) is 11.6 Å². The van der Waals surface area contributed by atoms with E-state index in [2.05, 4.69) is 10.3 Å². The highest BCUT2D eigenvalue weighted by Crippen LogP contribution is 2.38. The first-order valence-corrected chi connectivity index (χ1v) is 6.30. The van der Waals surface area contributed by atoms with E-state index in [0.717, 1.165) is 16.6 Å². The molecule has 0 saturated heterocycles. The van der Waals surface area contributed by atoms with Crippen LogP contribution in [0, 0.1) is 0 Å². The van der Waals surface area contributed by atoms with Gasteiger partial charge in [-0.25, -0.2) is 4.98 Å². The van der Waals surface area contributed by atoms with Crippen molar-refractivity contribution in [1.29, 1.82) is 0 Å². The molecule has 2 rings (SSSR count). The number of nitrogens with zero attached hydrogens (tertiary/aromatic N) is 1. The van der Waals surface area contributed by atoms with Gasteiger partial charge in [-0.05, 0) is 19.9 Å². The van der Waals surface area contributed by atoms with E-state index >= 15 is 0 Å². The van der Waals surface area contributed by atoms with E-state index in [9.17, 15) is 0 Å². The highest BCUT2D eigenvalue weighted by atomic mass is 35.5. The van der Waals surface area contributed by atoms with Crippen LogP contribution in [-0.4, -0.2) is 12.0 Å². The molecule has 1 aromatic heterocycles. The van der Waals surface area contributed by atoms with Crippen LogP contribution in [0.2, 0.25) is 4.34 Å². The van der Waals surface area contributed by atoms with Crippen LogP contribution in [0.25, 0.3) is 0 Å². The fourth-order valence-corrected chi connectivity index (χ4v) is 3.30. The number of nitrogens with one attached hydrogen (secondary N) is 1. The number of aromatic nitrogens is 1. The van der Waals surface area contributed by atoms with E-state index in [1.807, 2.05) is 7.05 Å². The third-order valence-electron chi connectivity index (χ3n) is 2.71. The minimum atomic E-state index is 0.683. The fourth-order valence-electron chi connectivity index (χ4n) is 1.97. The van der Waals surface area contributed by atoms with Gasteiger partial charge in [-0.15, -0.1) is 11.3 Å². The summed E-state index contributed by atoms with van der Waals surface area (Å²) < 4.78 is 0.862. The van der Waals surface area contributed by atoms with Gasteiger partial charge in [-0.2, -0.15) is 0 Å². The third kappa shape index (κ3) is 2.10. The molecule has 0 bridgehead atoms. The molecule has 2 nitrogen and oxygen atoms in total. The lowest BCUT2D eigenvalue weighted by Gasteiger charge is -2.02. The van der Waals surface area contributed by atoms with E-state index in [0.29, 0.717) is 5.92 Å². The Kier molecular flexibility index (Phi) is 3.42. The topological polar surface area (TPSA) is 24.9 Å². The highest BCUT2D eigenvalue weighted by Gasteiger charge is 2.21. The molecule has 1 fully saturated rings.